The zero-order chi connectivity index (χ0) is 21.9. The van der Waals surface area contributed by atoms with Crippen LogP contribution < -0.4 is 5.59 Å². The Morgan fingerprint density at radius 1 is 0.867 bits per heavy atom. The maximum atomic E-state index is 13.3. The summed E-state index contributed by atoms with van der Waals surface area (Å²) < 4.78 is 14.5. The van der Waals surface area contributed by atoms with Crippen LogP contribution in [0, 0.1) is 5.41 Å². The zero-order valence-electron chi connectivity index (χ0n) is 18.9. The largest absolute Gasteiger partial charge is 0.513 e. The SMILES string of the molecule is CC(C)(C)C(=O)n1ccc(-c2cccc3ccccc23)c1B1OC(C)(C)C(C)(C)O1. The summed E-state index contributed by atoms with van der Waals surface area (Å²) >= 11 is 0. The number of carbonyl (C=O) groups is 1. The Morgan fingerprint density at radius 2 is 1.47 bits per heavy atom. The van der Waals surface area contributed by atoms with E-state index in [9.17, 15) is 4.79 Å². The van der Waals surface area contributed by atoms with Crippen LogP contribution in [-0.2, 0) is 9.31 Å². The van der Waals surface area contributed by atoms with E-state index in [-0.39, 0.29) is 5.91 Å². The molecule has 0 radical (unpaired) electrons. The van der Waals surface area contributed by atoms with Gasteiger partial charge in [-0.05, 0) is 50.1 Å². The number of hydrogen-bond donors (Lipinski definition) is 0. The molecule has 156 valence electrons. The summed E-state index contributed by atoms with van der Waals surface area (Å²) in [7, 11) is -0.634. The molecule has 2 heterocycles. The van der Waals surface area contributed by atoms with Crippen molar-refractivity contribution in [3.8, 4) is 11.1 Å². The van der Waals surface area contributed by atoms with Gasteiger partial charge in [-0.1, -0.05) is 63.2 Å². The van der Waals surface area contributed by atoms with Crippen molar-refractivity contribution in [3.05, 3.63) is 54.7 Å². The van der Waals surface area contributed by atoms with E-state index in [0.29, 0.717) is 0 Å². The van der Waals surface area contributed by atoms with Gasteiger partial charge in [0.1, 0.15) is 0 Å². The Balaban J connectivity index is 1.95. The van der Waals surface area contributed by atoms with Crippen LogP contribution in [0.2, 0.25) is 0 Å². The first kappa shape index (κ1) is 20.9. The van der Waals surface area contributed by atoms with Crippen molar-refractivity contribution in [2.45, 2.75) is 59.7 Å². The van der Waals surface area contributed by atoms with E-state index in [1.165, 1.54) is 0 Å². The molecule has 0 bridgehead atoms. The van der Waals surface area contributed by atoms with Crippen LogP contribution in [0.25, 0.3) is 21.9 Å². The first-order valence-electron chi connectivity index (χ1n) is 10.5. The second-order valence-corrected chi connectivity index (χ2v) is 10.2. The average molecular weight is 403 g/mol. The van der Waals surface area contributed by atoms with Gasteiger partial charge >= 0.3 is 7.12 Å². The Morgan fingerprint density at radius 3 is 2.10 bits per heavy atom. The standard InChI is InChI=1S/C25H30BNO3/c1-23(2,3)22(28)27-16-15-20(19-14-10-12-17-11-8-9-13-18(17)19)21(27)26-29-24(4,5)25(6,7)30-26/h8-16H,1-7H3. The normalized spacial score (nSPS) is 18.2. The first-order chi connectivity index (χ1) is 13.9. The summed E-state index contributed by atoms with van der Waals surface area (Å²) in [6.45, 7) is 13.9. The second-order valence-electron chi connectivity index (χ2n) is 10.2. The predicted octanol–water partition coefficient (Wildman–Crippen LogP) is 5.29. The van der Waals surface area contributed by atoms with Gasteiger partial charge in [0, 0.05) is 17.2 Å². The molecule has 0 aliphatic carbocycles. The predicted molar refractivity (Wildman–Crippen MR) is 123 cm³/mol. The Labute approximate surface area is 179 Å². The summed E-state index contributed by atoms with van der Waals surface area (Å²) in [5.74, 6) is 0.0127. The van der Waals surface area contributed by atoms with Gasteiger partial charge in [0.15, 0.2) is 0 Å². The summed E-state index contributed by atoms with van der Waals surface area (Å²) in [5.41, 5.74) is 1.26. The summed E-state index contributed by atoms with van der Waals surface area (Å²) in [6, 6.07) is 16.5. The molecule has 0 amide bonds. The molecule has 1 aliphatic heterocycles. The van der Waals surface area contributed by atoms with Crippen molar-refractivity contribution in [2.24, 2.45) is 5.41 Å². The van der Waals surface area contributed by atoms with Crippen LogP contribution in [-0.4, -0.2) is 28.8 Å². The average Bonchev–Trinajstić information content (AvgIpc) is 3.18. The van der Waals surface area contributed by atoms with E-state index < -0.39 is 23.7 Å². The molecule has 0 unspecified atom stereocenters. The molecule has 1 aliphatic rings. The molecule has 1 fully saturated rings. The van der Waals surface area contributed by atoms with Gasteiger partial charge in [0.05, 0.1) is 16.8 Å². The molecule has 30 heavy (non-hydrogen) atoms. The third-order valence-electron chi connectivity index (χ3n) is 6.34. The molecule has 4 rings (SSSR count). The topological polar surface area (TPSA) is 40.5 Å². The van der Waals surface area contributed by atoms with Crippen molar-refractivity contribution in [2.75, 3.05) is 0 Å². The van der Waals surface area contributed by atoms with Crippen molar-refractivity contribution >= 4 is 29.4 Å². The van der Waals surface area contributed by atoms with E-state index in [1.54, 1.807) is 4.57 Å². The fraction of sp³-hybridized carbons (Fsp3) is 0.400. The molecule has 1 saturated heterocycles. The first-order valence-corrected chi connectivity index (χ1v) is 10.5. The van der Waals surface area contributed by atoms with Gasteiger partial charge in [0.2, 0.25) is 5.91 Å². The monoisotopic (exact) mass is 403 g/mol. The number of nitrogens with zero attached hydrogens (tertiary/aromatic N) is 1. The lowest BCUT2D eigenvalue weighted by atomic mass is 9.78. The molecule has 4 nitrogen and oxygen atoms in total. The molecule has 0 N–H and O–H groups in total. The van der Waals surface area contributed by atoms with Crippen LogP contribution in [0.4, 0.5) is 0 Å². The van der Waals surface area contributed by atoms with Crippen LogP contribution in [0.3, 0.4) is 0 Å². The summed E-state index contributed by atoms with van der Waals surface area (Å²) in [6.07, 6.45) is 1.85. The fourth-order valence-corrected chi connectivity index (χ4v) is 3.87. The Bertz CT molecular complexity index is 1100. The molecule has 0 spiro atoms. The number of rotatable bonds is 2. The van der Waals surface area contributed by atoms with Gasteiger partial charge in [0.25, 0.3) is 0 Å². The van der Waals surface area contributed by atoms with Gasteiger partial charge in [-0.25, -0.2) is 0 Å². The highest BCUT2D eigenvalue weighted by Crippen LogP contribution is 2.38. The number of aromatic nitrogens is 1. The molecular weight excluding hydrogens is 373 g/mol. The number of hydrogen-bond acceptors (Lipinski definition) is 3. The minimum Gasteiger partial charge on any atom is -0.398 e. The van der Waals surface area contributed by atoms with Crippen molar-refractivity contribution < 1.29 is 14.1 Å². The van der Waals surface area contributed by atoms with Gasteiger partial charge in [-0.15, -0.1) is 0 Å². The second kappa shape index (κ2) is 6.83. The van der Waals surface area contributed by atoms with Crippen molar-refractivity contribution in [1.82, 2.24) is 4.57 Å². The lowest BCUT2D eigenvalue weighted by Crippen LogP contribution is -2.44. The number of benzene rings is 2. The van der Waals surface area contributed by atoms with E-state index in [2.05, 4.69) is 30.3 Å². The number of carbonyl (C=O) groups excluding carboxylic acids is 1. The molecule has 2 aromatic carbocycles. The van der Waals surface area contributed by atoms with E-state index >= 15 is 0 Å². The van der Waals surface area contributed by atoms with Crippen LogP contribution in [0.15, 0.2) is 54.7 Å². The quantitative estimate of drug-likeness (QED) is 0.546. The third-order valence-corrected chi connectivity index (χ3v) is 6.34. The lowest BCUT2D eigenvalue weighted by molar-refractivity contribution is 0.00578. The lowest BCUT2D eigenvalue weighted by Gasteiger charge is -2.32. The highest BCUT2D eigenvalue weighted by Gasteiger charge is 2.53. The summed E-state index contributed by atoms with van der Waals surface area (Å²) in [4.78, 5) is 13.3. The molecule has 3 aromatic rings. The molecule has 0 atom stereocenters. The van der Waals surface area contributed by atoms with Gasteiger partial charge < -0.3 is 9.31 Å². The highest BCUT2D eigenvalue weighted by atomic mass is 16.7. The number of fused-ring (bicyclic) bond motifs is 1. The van der Waals surface area contributed by atoms with E-state index in [0.717, 1.165) is 27.5 Å². The smallest absolute Gasteiger partial charge is 0.398 e. The maximum absolute atomic E-state index is 13.3. The molecule has 5 heteroatoms. The van der Waals surface area contributed by atoms with Crippen LogP contribution in [0.1, 0.15) is 53.3 Å². The van der Waals surface area contributed by atoms with Gasteiger partial charge in [-0.2, -0.15) is 0 Å². The Hall–Kier alpha value is -2.37. The maximum Gasteiger partial charge on any atom is 0.513 e. The summed E-state index contributed by atoms with van der Waals surface area (Å²) in [5, 5.41) is 2.29. The Kier molecular flexibility index (Phi) is 4.75. The highest BCUT2D eigenvalue weighted by molar-refractivity contribution is 6.63. The minimum absolute atomic E-state index is 0.0127. The minimum atomic E-state index is -0.634. The van der Waals surface area contributed by atoms with E-state index in [1.807, 2.05) is 72.9 Å². The molecule has 0 saturated carbocycles. The van der Waals surface area contributed by atoms with Crippen LogP contribution in [0.5, 0.6) is 0 Å². The third kappa shape index (κ3) is 3.30. The fourth-order valence-electron chi connectivity index (χ4n) is 3.87. The van der Waals surface area contributed by atoms with Gasteiger partial charge in [-0.3, -0.25) is 9.36 Å². The van der Waals surface area contributed by atoms with Crippen LogP contribution >= 0.6 is 0 Å². The van der Waals surface area contributed by atoms with Crippen molar-refractivity contribution in [3.63, 3.8) is 0 Å². The zero-order valence-corrected chi connectivity index (χ0v) is 18.9. The van der Waals surface area contributed by atoms with Crippen molar-refractivity contribution in [1.29, 1.82) is 0 Å². The molecule has 1 aromatic heterocycles. The van der Waals surface area contributed by atoms with E-state index in [4.69, 9.17) is 9.31 Å². The molecular formula is C25H30BNO3.